The molecule has 0 aliphatic carbocycles. The second-order valence-electron chi connectivity index (χ2n) is 12.1. The smallest absolute Gasteiger partial charge is 0.220 e. The van der Waals surface area contributed by atoms with Gasteiger partial charge in [0.2, 0.25) is 5.91 Å². The Kier molecular flexibility index (Phi) is 31.9. The van der Waals surface area contributed by atoms with Crippen LogP contribution in [-0.2, 0) is 4.79 Å². The molecular weight excluding hydrogens is 534 g/mol. The molecule has 0 heterocycles. The number of allylic oxidation sites excluding steroid dienone is 8. The molecule has 0 fully saturated rings. The quantitative estimate of drug-likeness (QED) is 0.0469. The van der Waals surface area contributed by atoms with Crippen LogP contribution in [0.2, 0.25) is 0 Å². The van der Waals surface area contributed by atoms with Gasteiger partial charge >= 0.3 is 0 Å². The van der Waals surface area contributed by atoms with Crippen LogP contribution in [-0.4, -0.2) is 46.1 Å². The van der Waals surface area contributed by atoms with Crippen molar-refractivity contribution in [2.75, 3.05) is 6.61 Å². The molecule has 0 aromatic heterocycles. The minimum absolute atomic E-state index is 0.100. The van der Waals surface area contributed by atoms with Crippen LogP contribution in [0.3, 0.4) is 0 Å². The molecule has 250 valence electrons. The van der Waals surface area contributed by atoms with Crippen molar-refractivity contribution in [1.82, 2.24) is 5.32 Å². The Morgan fingerprint density at radius 1 is 0.605 bits per heavy atom. The van der Waals surface area contributed by atoms with Crippen molar-refractivity contribution in [1.29, 1.82) is 0 Å². The second kappa shape index (κ2) is 33.2. The molecule has 0 aromatic rings. The molecule has 0 radical (unpaired) electrons. The van der Waals surface area contributed by atoms with E-state index in [4.69, 9.17) is 0 Å². The predicted molar refractivity (Wildman–Crippen MR) is 185 cm³/mol. The molecule has 0 aliphatic heterocycles. The fraction of sp³-hybridized carbons (Fsp3) is 0.763. The van der Waals surface area contributed by atoms with E-state index in [-0.39, 0.29) is 18.6 Å². The summed E-state index contributed by atoms with van der Waals surface area (Å²) >= 11 is 0. The van der Waals surface area contributed by atoms with Gasteiger partial charge in [0.1, 0.15) is 0 Å². The number of carbonyl (C=O) groups excluding carboxylic acids is 1. The molecule has 0 spiro atoms. The van der Waals surface area contributed by atoms with E-state index in [9.17, 15) is 20.1 Å². The fourth-order valence-corrected chi connectivity index (χ4v) is 5.04. The highest BCUT2D eigenvalue weighted by atomic mass is 16.3. The summed E-state index contributed by atoms with van der Waals surface area (Å²) in [5, 5.41) is 32.5. The molecular formula is C38H69NO4. The van der Waals surface area contributed by atoms with E-state index in [1.807, 2.05) is 6.92 Å². The third-order valence-corrected chi connectivity index (χ3v) is 8.01. The first-order chi connectivity index (χ1) is 21.0. The van der Waals surface area contributed by atoms with Crippen LogP contribution in [0, 0.1) is 0 Å². The highest BCUT2D eigenvalue weighted by molar-refractivity contribution is 5.76. The van der Waals surface area contributed by atoms with Gasteiger partial charge in [-0.05, 0) is 57.8 Å². The highest BCUT2D eigenvalue weighted by Crippen LogP contribution is 2.14. The van der Waals surface area contributed by atoms with Crippen molar-refractivity contribution in [2.45, 2.75) is 180 Å². The zero-order valence-corrected chi connectivity index (χ0v) is 28.1. The normalized spacial score (nSPS) is 14.4. The molecule has 43 heavy (non-hydrogen) atoms. The van der Waals surface area contributed by atoms with Gasteiger partial charge in [0.15, 0.2) is 0 Å². The molecule has 1 amide bonds. The zero-order chi connectivity index (χ0) is 31.6. The molecule has 0 saturated heterocycles. The van der Waals surface area contributed by atoms with Gasteiger partial charge in [-0.15, -0.1) is 0 Å². The van der Waals surface area contributed by atoms with E-state index in [1.165, 1.54) is 70.6 Å². The number of hydrogen-bond donors (Lipinski definition) is 4. The predicted octanol–water partition coefficient (Wildman–Crippen LogP) is 9.42. The molecule has 5 nitrogen and oxygen atoms in total. The molecule has 0 aromatic carbocycles. The van der Waals surface area contributed by atoms with E-state index in [2.05, 4.69) is 60.8 Å². The summed E-state index contributed by atoms with van der Waals surface area (Å²) < 4.78 is 0. The highest BCUT2D eigenvalue weighted by Gasteiger charge is 2.19. The monoisotopic (exact) mass is 604 g/mol. The van der Waals surface area contributed by atoms with Gasteiger partial charge in [-0.2, -0.15) is 0 Å². The number of amides is 1. The molecule has 0 rings (SSSR count). The molecule has 5 heteroatoms. The van der Waals surface area contributed by atoms with Crippen LogP contribution in [0.5, 0.6) is 0 Å². The minimum Gasteiger partial charge on any atom is -0.394 e. The number of rotatable bonds is 31. The maximum absolute atomic E-state index is 12.3. The fourth-order valence-electron chi connectivity index (χ4n) is 5.04. The van der Waals surface area contributed by atoms with Gasteiger partial charge in [0, 0.05) is 6.42 Å². The number of aliphatic hydroxyl groups excluding tert-OH is 3. The van der Waals surface area contributed by atoms with Crippen LogP contribution in [0.15, 0.2) is 48.6 Å². The van der Waals surface area contributed by atoms with E-state index in [1.54, 1.807) is 0 Å². The standard InChI is InChI=1S/C38H69NO4/c1-3-5-6-7-8-9-10-13-17-20-23-26-29-32-37(42)36(34-40)39-38(43)33-30-27-24-21-18-15-12-11-14-16-19-22-25-28-31-35(41)4-2/h12,14-16,21-22,24-25,35-37,40-42H,3-11,13,17-20,23,26-34H2,1-2H3,(H,39,43)/b15-12-,16-14-,24-21-,25-22-/t35-,36+,37-/m1/s1. The van der Waals surface area contributed by atoms with Crippen LogP contribution in [0.25, 0.3) is 0 Å². The summed E-state index contributed by atoms with van der Waals surface area (Å²) in [4.78, 5) is 12.3. The van der Waals surface area contributed by atoms with Crippen molar-refractivity contribution >= 4 is 5.91 Å². The number of aliphatic hydroxyl groups is 3. The van der Waals surface area contributed by atoms with E-state index in [0.717, 1.165) is 64.2 Å². The van der Waals surface area contributed by atoms with E-state index < -0.39 is 12.1 Å². The molecule has 0 bridgehead atoms. The van der Waals surface area contributed by atoms with Crippen LogP contribution in [0.4, 0.5) is 0 Å². The first-order valence-electron chi connectivity index (χ1n) is 17.9. The van der Waals surface area contributed by atoms with Crippen molar-refractivity contribution < 1.29 is 20.1 Å². The molecule has 3 atom stereocenters. The summed E-state index contributed by atoms with van der Waals surface area (Å²) in [7, 11) is 0. The minimum atomic E-state index is -0.690. The maximum Gasteiger partial charge on any atom is 0.220 e. The van der Waals surface area contributed by atoms with Gasteiger partial charge in [-0.1, -0.05) is 146 Å². The van der Waals surface area contributed by atoms with Gasteiger partial charge in [-0.25, -0.2) is 0 Å². The third kappa shape index (κ3) is 30.1. The molecule has 0 aliphatic rings. The van der Waals surface area contributed by atoms with Crippen molar-refractivity contribution in [3.05, 3.63) is 48.6 Å². The summed E-state index contributed by atoms with van der Waals surface area (Å²) in [5.74, 6) is -0.100. The van der Waals surface area contributed by atoms with Gasteiger partial charge in [0.05, 0.1) is 24.9 Å². The lowest BCUT2D eigenvalue weighted by Gasteiger charge is -2.22. The molecule has 0 saturated carbocycles. The Balaban J connectivity index is 3.73. The first-order valence-corrected chi connectivity index (χ1v) is 17.9. The summed E-state index contributed by atoms with van der Waals surface area (Å²) in [5.41, 5.74) is 0. The second-order valence-corrected chi connectivity index (χ2v) is 12.1. The topological polar surface area (TPSA) is 89.8 Å². The average Bonchev–Trinajstić information content (AvgIpc) is 3.01. The lowest BCUT2D eigenvalue weighted by Crippen LogP contribution is -2.45. The third-order valence-electron chi connectivity index (χ3n) is 8.01. The molecule has 4 N–H and O–H groups in total. The van der Waals surface area contributed by atoms with Gasteiger partial charge in [-0.3, -0.25) is 4.79 Å². The van der Waals surface area contributed by atoms with Crippen LogP contribution >= 0.6 is 0 Å². The number of hydrogen-bond acceptors (Lipinski definition) is 4. The first kappa shape index (κ1) is 41.3. The summed E-state index contributed by atoms with van der Waals surface area (Å²) in [6.45, 7) is 4.04. The van der Waals surface area contributed by atoms with Crippen LogP contribution < -0.4 is 5.32 Å². The number of carbonyl (C=O) groups is 1. The summed E-state index contributed by atoms with van der Waals surface area (Å²) in [6.07, 6.45) is 41.0. The van der Waals surface area contributed by atoms with Crippen molar-refractivity contribution in [3.8, 4) is 0 Å². The summed E-state index contributed by atoms with van der Waals surface area (Å²) in [6, 6.07) is -0.574. The van der Waals surface area contributed by atoms with E-state index in [0.29, 0.717) is 12.8 Å². The van der Waals surface area contributed by atoms with Crippen molar-refractivity contribution in [3.63, 3.8) is 0 Å². The van der Waals surface area contributed by atoms with Gasteiger partial charge < -0.3 is 20.6 Å². The Morgan fingerprint density at radius 2 is 1.07 bits per heavy atom. The number of unbranched alkanes of at least 4 members (excludes halogenated alkanes) is 13. The Labute approximate surface area is 266 Å². The van der Waals surface area contributed by atoms with E-state index >= 15 is 0 Å². The Morgan fingerprint density at radius 3 is 1.56 bits per heavy atom. The lowest BCUT2D eigenvalue weighted by molar-refractivity contribution is -0.123. The average molecular weight is 604 g/mol. The van der Waals surface area contributed by atoms with Crippen molar-refractivity contribution in [2.24, 2.45) is 0 Å². The van der Waals surface area contributed by atoms with Gasteiger partial charge in [0.25, 0.3) is 0 Å². The zero-order valence-electron chi connectivity index (χ0n) is 28.1. The largest absolute Gasteiger partial charge is 0.394 e. The SMILES string of the molecule is CCCCCCCCCCCCCCC[C@@H](O)[C@H](CO)NC(=O)CCC/C=C\C/C=C\C/C=C\C/C=C\CC[C@H](O)CC. The van der Waals surface area contributed by atoms with Crippen LogP contribution in [0.1, 0.15) is 162 Å². The Hall–Kier alpha value is -1.69. The maximum atomic E-state index is 12.3. The lowest BCUT2D eigenvalue weighted by atomic mass is 10.0. The Bertz CT molecular complexity index is 715. The number of nitrogens with one attached hydrogen (secondary N) is 1. The molecule has 0 unspecified atom stereocenters.